The standard InChI is InChI=1S/C17H23NO3/c1-3-9-17(16(20)21)10-11-18(12-17)15(19)14-8-6-5-7-13(14)4-2/h5-8H,3-4,9-12H2,1-2H3,(H,20,21). The molecule has 4 nitrogen and oxygen atoms in total. The lowest BCUT2D eigenvalue weighted by atomic mass is 9.83. The molecule has 0 bridgehead atoms. The summed E-state index contributed by atoms with van der Waals surface area (Å²) in [6.07, 6.45) is 2.80. The molecule has 1 aromatic carbocycles. The summed E-state index contributed by atoms with van der Waals surface area (Å²) in [7, 11) is 0. The van der Waals surface area contributed by atoms with Crippen LogP contribution >= 0.6 is 0 Å². The van der Waals surface area contributed by atoms with Crippen LogP contribution in [0.1, 0.15) is 49.0 Å². The summed E-state index contributed by atoms with van der Waals surface area (Å²) in [5.41, 5.74) is 0.967. The van der Waals surface area contributed by atoms with E-state index in [1.54, 1.807) is 4.90 Å². The Balaban J connectivity index is 2.20. The molecule has 0 aromatic heterocycles. The van der Waals surface area contributed by atoms with Crippen LogP contribution in [0.25, 0.3) is 0 Å². The van der Waals surface area contributed by atoms with Crippen LogP contribution in [0.5, 0.6) is 0 Å². The number of carbonyl (C=O) groups excluding carboxylic acids is 1. The molecule has 1 heterocycles. The highest BCUT2D eigenvalue weighted by molar-refractivity contribution is 5.96. The largest absolute Gasteiger partial charge is 0.481 e. The van der Waals surface area contributed by atoms with Gasteiger partial charge in [-0.1, -0.05) is 38.5 Å². The van der Waals surface area contributed by atoms with E-state index in [2.05, 4.69) is 0 Å². The van der Waals surface area contributed by atoms with E-state index >= 15 is 0 Å². The van der Waals surface area contributed by atoms with Crippen molar-refractivity contribution in [3.05, 3.63) is 35.4 Å². The Morgan fingerprint density at radius 2 is 2.00 bits per heavy atom. The molecule has 0 radical (unpaired) electrons. The number of carboxylic acid groups (broad SMARTS) is 1. The zero-order valence-electron chi connectivity index (χ0n) is 12.8. The summed E-state index contributed by atoms with van der Waals surface area (Å²) in [5.74, 6) is -0.810. The van der Waals surface area contributed by atoms with E-state index < -0.39 is 11.4 Å². The minimum absolute atomic E-state index is 0.0355. The second-order valence-electron chi connectivity index (χ2n) is 5.82. The highest BCUT2D eigenvalue weighted by Gasteiger charge is 2.45. The number of aliphatic carboxylic acids is 1. The molecule has 0 spiro atoms. The highest BCUT2D eigenvalue weighted by atomic mass is 16.4. The van der Waals surface area contributed by atoms with Gasteiger partial charge in [0.15, 0.2) is 0 Å². The van der Waals surface area contributed by atoms with E-state index in [-0.39, 0.29) is 5.91 Å². The first-order chi connectivity index (χ1) is 10.0. The van der Waals surface area contributed by atoms with Crippen molar-refractivity contribution in [3.8, 4) is 0 Å². The average molecular weight is 289 g/mol. The van der Waals surface area contributed by atoms with Gasteiger partial charge in [0.2, 0.25) is 0 Å². The van der Waals surface area contributed by atoms with Crippen molar-refractivity contribution in [2.24, 2.45) is 5.41 Å². The normalized spacial score (nSPS) is 21.5. The third-order valence-corrected chi connectivity index (χ3v) is 4.45. The summed E-state index contributed by atoms with van der Waals surface area (Å²) in [5, 5.41) is 9.53. The second-order valence-corrected chi connectivity index (χ2v) is 5.82. The lowest BCUT2D eigenvalue weighted by Gasteiger charge is -2.24. The molecule has 1 aliphatic heterocycles. The SMILES string of the molecule is CCCC1(C(=O)O)CCN(C(=O)c2ccccc2CC)C1. The first-order valence-electron chi connectivity index (χ1n) is 7.64. The maximum absolute atomic E-state index is 12.7. The first-order valence-corrected chi connectivity index (χ1v) is 7.64. The van der Waals surface area contributed by atoms with Crippen LogP contribution in [-0.4, -0.2) is 35.0 Å². The van der Waals surface area contributed by atoms with Gasteiger partial charge in [-0.15, -0.1) is 0 Å². The number of hydrogen-bond acceptors (Lipinski definition) is 2. The monoisotopic (exact) mass is 289 g/mol. The van der Waals surface area contributed by atoms with Gasteiger partial charge >= 0.3 is 5.97 Å². The van der Waals surface area contributed by atoms with Crippen molar-refractivity contribution in [1.29, 1.82) is 0 Å². The number of benzene rings is 1. The van der Waals surface area contributed by atoms with E-state index in [1.165, 1.54) is 0 Å². The lowest BCUT2D eigenvalue weighted by Crippen LogP contribution is -2.37. The average Bonchev–Trinajstić information content (AvgIpc) is 2.92. The molecule has 21 heavy (non-hydrogen) atoms. The minimum atomic E-state index is -0.775. The van der Waals surface area contributed by atoms with Gasteiger partial charge in [0.1, 0.15) is 0 Å². The molecule has 0 saturated carbocycles. The topological polar surface area (TPSA) is 57.6 Å². The summed E-state index contributed by atoms with van der Waals surface area (Å²) in [6, 6.07) is 7.58. The Bertz CT molecular complexity index is 541. The first kappa shape index (κ1) is 15.5. The molecular formula is C17H23NO3. The van der Waals surface area contributed by atoms with E-state index in [1.807, 2.05) is 38.1 Å². The van der Waals surface area contributed by atoms with Crippen molar-refractivity contribution in [3.63, 3.8) is 0 Å². The maximum atomic E-state index is 12.7. The zero-order chi connectivity index (χ0) is 15.5. The predicted octanol–water partition coefficient (Wildman–Crippen LogP) is 2.97. The van der Waals surface area contributed by atoms with Crippen LogP contribution < -0.4 is 0 Å². The van der Waals surface area contributed by atoms with Crippen molar-refractivity contribution in [2.45, 2.75) is 39.5 Å². The van der Waals surface area contributed by atoms with Gasteiger partial charge in [0.05, 0.1) is 5.41 Å². The quantitative estimate of drug-likeness (QED) is 0.906. The summed E-state index contributed by atoms with van der Waals surface area (Å²) in [6.45, 7) is 4.87. The van der Waals surface area contributed by atoms with Gasteiger partial charge in [-0.2, -0.15) is 0 Å². The smallest absolute Gasteiger partial charge is 0.311 e. The fourth-order valence-corrected chi connectivity index (χ4v) is 3.22. The van der Waals surface area contributed by atoms with Crippen LogP contribution in [0.2, 0.25) is 0 Å². The van der Waals surface area contributed by atoms with Crippen LogP contribution in [0, 0.1) is 5.41 Å². The molecular weight excluding hydrogens is 266 g/mol. The molecule has 1 aromatic rings. The second kappa shape index (κ2) is 6.29. The number of likely N-dealkylation sites (tertiary alicyclic amines) is 1. The lowest BCUT2D eigenvalue weighted by molar-refractivity contribution is -0.148. The molecule has 0 aliphatic carbocycles. The van der Waals surface area contributed by atoms with Crippen LogP contribution in [0.3, 0.4) is 0 Å². The van der Waals surface area contributed by atoms with E-state index in [9.17, 15) is 14.7 Å². The van der Waals surface area contributed by atoms with Crippen molar-refractivity contribution >= 4 is 11.9 Å². The molecule has 1 amide bonds. The Hall–Kier alpha value is -1.84. The molecule has 1 N–H and O–H groups in total. The molecule has 1 fully saturated rings. The fourth-order valence-electron chi connectivity index (χ4n) is 3.22. The van der Waals surface area contributed by atoms with Gasteiger partial charge in [0, 0.05) is 18.7 Å². The summed E-state index contributed by atoms with van der Waals surface area (Å²) >= 11 is 0. The van der Waals surface area contributed by atoms with Crippen LogP contribution in [0.15, 0.2) is 24.3 Å². The third-order valence-electron chi connectivity index (χ3n) is 4.45. The van der Waals surface area contributed by atoms with E-state index in [4.69, 9.17) is 0 Å². The van der Waals surface area contributed by atoms with Crippen LogP contribution in [-0.2, 0) is 11.2 Å². The number of carboxylic acids is 1. The Kier molecular flexibility index (Phi) is 4.66. The highest BCUT2D eigenvalue weighted by Crippen LogP contribution is 2.36. The number of rotatable bonds is 5. The molecule has 1 atom stereocenters. The van der Waals surface area contributed by atoms with Gasteiger partial charge in [-0.25, -0.2) is 0 Å². The Labute approximate surface area is 125 Å². The number of hydrogen-bond donors (Lipinski definition) is 1. The number of amides is 1. The minimum Gasteiger partial charge on any atom is -0.481 e. The summed E-state index contributed by atoms with van der Waals surface area (Å²) < 4.78 is 0. The molecule has 2 rings (SSSR count). The van der Waals surface area contributed by atoms with Gasteiger partial charge < -0.3 is 10.0 Å². The molecule has 114 valence electrons. The third kappa shape index (κ3) is 2.94. The molecule has 1 unspecified atom stereocenters. The van der Waals surface area contributed by atoms with Crippen molar-refractivity contribution in [2.75, 3.05) is 13.1 Å². The molecule has 1 aliphatic rings. The molecule has 4 heteroatoms. The predicted molar refractivity (Wildman–Crippen MR) is 81.3 cm³/mol. The van der Waals surface area contributed by atoms with Crippen molar-refractivity contribution < 1.29 is 14.7 Å². The van der Waals surface area contributed by atoms with E-state index in [0.29, 0.717) is 31.5 Å². The number of carbonyl (C=O) groups is 2. The van der Waals surface area contributed by atoms with Gasteiger partial charge in [0.25, 0.3) is 5.91 Å². The Morgan fingerprint density at radius 3 is 2.62 bits per heavy atom. The van der Waals surface area contributed by atoms with Gasteiger partial charge in [-0.3, -0.25) is 9.59 Å². The number of nitrogens with zero attached hydrogens (tertiary/aromatic N) is 1. The number of aryl methyl sites for hydroxylation is 1. The van der Waals surface area contributed by atoms with Crippen molar-refractivity contribution in [1.82, 2.24) is 4.90 Å². The van der Waals surface area contributed by atoms with Gasteiger partial charge in [-0.05, 0) is 30.9 Å². The molecule has 1 saturated heterocycles. The fraction of sp³-hybridized carbons (Fsp3) is 0.529. The van der Waals surface area contributed by atoms with Crippen LogP contribution in [0.4, 0.5) is 0 Å². The maximum Gasteiger partial charge on any atom is 0.311 e. The summed E-state index contributed by atoms with van der Waals surface area (Å²) in [4.78, 5) is 26.0. The Morgan fingerprint density at radius 1 is 1.29 bits per heavy atom. The van der Waals surface area contributed by atoms with E-state index in [0.717, 1.165) is 18.4 Å². The zero-order valence-corrected chi connectivity index (χ0v) is 12.8.